The summed E-state index contributed by atoms with van der Waals surface area (Å²) in [5.74, 6) is 0. The molecular weight excluding hydrogens is 415 g/mol. The van der Waals surface area contributed by atoms with Crippen molar-refractivity contribution in [3.05, 3.63) is 144 Å². The Morgan fingerprint density at radius 2 is 0.806 bits per heavy atom. The van der Waals surface area contributed by atoms with Crippen LogP contribution in [-0.2, 0) is 10.8 Å². The number of benzene rings is 4. The van der Waals surface area contributed by atoms with Gasteiger partial charge in [-0.15, -0.1) is 0 Å². The fourth-order valence-electron chi connectivity index (χ4n) is 5.65. The third kappa shape index (κ3) is 3.34. The molecule has 1 unspecified atom stereocenters. The van der Waals surface area contributed by atoms with E-state index in [1.165, 1.54) is 22.3 Å². The topological polar surface area (TPSA) is 0 Å². The second kappa shape index (κ2) is 8.62. The average Bonchev–Trinajstić information content (AvgIpc) is 2.86. The first-order valence-corrected chi connectivity index (χ1v) is 13.5. The Hall–Kier alpha value is -2.40. The van der Waals surface area contributed by atoms with Gasteiger partial charge < -0.3 is 0 Å². The van der Waals surface area contributed by atoms with E-state index < -0.39 is 7.27 Å². The SMILES string of the molecule is ClP1CCC(c2ccccc2)(c2ccccc2)C(c2ccccc2)(c2ccccc2)C1. The minimum atomic E-state index is -0.594. The molecule has 1 aliphatic heterocycles. The van der Waals surface area contributed by atoms with Crippen LogP contribution in [0.4, 0.5) is 0 Å². The summed E-state index contributed by atoms with van der Waals surface area (Å²) in [6, 6.07) is 44.3. The second-order valence-electron chi connectivity index (χ2n) is 8.37. The third-order valence-electron chi connectivity index (χ3n) is 6.93. The van der Waals surface area contributed by atoms with Crippen LogP contribution in [0, 0.1) is 0 Å². The Kier molecular flexibility index (Phi) is 5.70. The van der Waals surface area contributed by atoms with Crippen molar-refractivity contribution in [2.24, 2.45) is 0 Å². The molecule has 0 amide bonds. The van der Waals surface area contributed by atoms with Crippen molar-refractivity contribution in [2.45, 2.75) is 17.3 Å². The smallest absolute Gasteiger partial charge is 0.0390 e. The molecule has 1 fully saturated rings. The zero-order valence-electron chi connectivity index (χ0n) is 17.5. The maximum absolute atomic E-state index is 7.07. The fourth-order valence-corrected chi connectivity index (χ4v) is 8.33. The monoisotopic (exact) mass is 440 g/mol. The van der Waals surface area contributed by atoms with Gasteiger partial charge in [-0.3, -0.25) is 0 Å². The van der Waals surface area contributed by atoms with Crippen molar-refractivity contribution in [1.29, 1.82) is 0 Å². The van der Waals surface area contributed by atoms with Crippen LogP contribution < -0.4 is 0 Å². The van der Waals surface area contributed by atoms with Gasteiger partial charge in [0.05, 0.1) is 0 Å². The van der Waals surface area contributed by atoms with E-state index in [0.717, 1.165) is 18.7 Å². The van der Waals surface area contributed by atoms with Crippen LogP contribution >= 0.6 is 18.5 Å². The molecule has 2 heteroatoms. The summed E-state index contributed by atoms with van der Waals surface area (Å²) in [5.41, 5.74) is 4.99. The fraction of sp³-hybridized carbons (Fsp3) is 0.172. The molecule has 4 aromatic carbocycles. The normalized spacial score (nSPS) is 19.6. The summed E-state index contributed by atoms with van der Waals surface area (Å²) in [4.78, 5) is 0. The molecular formula is C29H26ClP. The van der Waals surface area contributed by atoms with Crippen LogP contribution in [0.3, 0.4) is 0 Å². The van der Waals surface area contributed by atoms with E-state index in [1.54, 1.807) is 0 Å². The van der Waals surface area contributed by atoms with Gasteiger partial charge in [0.1, 0.15) is 0 Å². The first-order chi connectivity index (χ1) is 15.3. The molecule has 1 saturated heterocycles. The van der Waals surface area contributed by atoms with E-state index in [-0.39, 0.29) is 10.8 Å². The summed E-state index contributed by atoms with van der Waals surface area (Å²) in [5, 5.41) is 0. The molecule has 1 heterocycles. The van der Waals surface area contributed by atoms with E-state index >= 15 is 0 Å². The Morgan fingerprint density at radius 1 is 0.484 bits per heavy atom. The molecule has 0 aliphatic carbocycles. The lowest BCUT2D eigenvalue weighted by Gasteiger charge is -2.56. The zero-order valence-corrected chi connectivity index (χ0v) is 19.1. The van der Waals surface area contributed by atoms with Gasteiger partial charge in [0, 0.05) is 10.8 Å². The number of hydrogen-bond donors (Lipinski definition) is 0. The van der Waals surface area contributed by atoms with Gasteiger partial charge in [-0.25, -0.2) is 0 Å². The highest BCUT2D eigenvalue weighted by atomic mass is 35.7. The third-order valence-corrected chi connectivity index (χ3v) is 9.33. The number of hydrogen-bond acceptors (Lipinski definition) is 0. The van der Waals surface area contributed by atoms with E-state index in [9.17, 15) is 0 Å². The summed E-state index contributed by atoms with van der Waals surface area (Å²) < 4.78 is 0. The van der Waals surface area contributed by atoms with Gasteiger partial charge in [0.15, 0.2) is 0 Å². The summed E-state index contributed by atoms with van der Waals surface area (Å²) >= 11 is 7.07. The van der Waals surface area contributed by atoms with Crippen molar-refractivity contribution in [2.75, 3.05) is 12.3 Å². The van der Waals surface area contributed by atoms with Crippen molar-refractivity contribution < 1.29 is 0 Å². The molecule has 0 bridgehead atoms. The molecule has 0 saturated carbocycles. The highest BCUT2D eigenvalue weighted by molar-refractivity contribution is 7.84. The Balaban J connectivity index is 1.93. The maximum atomic E-state index is 7.07. The van der Waals surface area contributed by atoms with Gasteiger partial charge in [0.25, 0.3) is 0 Å². The first-order valence-electron chi connectivity index (χ1n) is 10.9. The minimum Gasteiger partial charge on any atom is -0.0964 e. The van der Waals surface area contributed by atoms with Crippen LogP contribution in [0.2, 0.25) is 0 Å². The highest BCUT2D eigenvalue weighted by Gasteiger charge is 2.58. The van der Waals surface area contributed by atoms with Crippen LogP contribution in [0.1, 0.15) is 28.7 Å². The molecule has 4 aromatic rings. The Morgan fingerprint density at radius 3 is 1.16 bits per heavy atom. The summed E-state index contributed by atoms with van der Waals surface area (Å²) in [7, 11) is -0.594. The lowest BCUT2D eigenvalue weighted by atomic mass is 9.51. The molecule has 0 N–H and O–H groups in total. The zero-order chi connectivity index (χ0) is 21.2. The van der Waals surface area contributed by atoms with Gasteiger partial charge in [0.2, 0.25) is 0 Å². The predicted octanol–water partition coefficient (Wildman–Crippen LogP) is 8.00. The largest absolute Gasteiger partial charge is 0.0964 e. The van der Waals surface area contributed by atoms with Crippen LogP contribution in [0.15, 0.2) is 121 Å². The molecule has 1 aliphatic rings. The predicted molar refractivity (Wildman–Crippen MR) is 134 cm³/mol. The number of halogens is 1. The molecule has 31 heavy (non-hydrogen) atoms. The molecule has 5 rings (SSSR count). The molecule has 0 spiro atoms. The highest BCUT2D eigenvalue weighted by Crippen LogP contribution is 2.65. The Labute approximate surface area is 191 Å². The second-order valence-corrected chi connectivity index (χ2v) is 11.5. The summed E-state index contributed by atoms with van der Waals surface area (Å²) in [6.45, 7) is 0. The van der Waals surface area contributed by atoms with Crippen LogP contribution in [-0.4, -0.2) is 12.3 Å². The molecule has 0 radical (unpaired) electrons. The molecule has 1 atom stereocenters. The Bertz CT molecular complexity index is 1030. The quantitative estimate of drug-likeness (QED) is 0.282. The maximum Gasteiger partial charge on any atom is 0.0390 e. The van der Waals surface area contributed by atoms with Gasteiger partial charge >= 0.3 is 0 Å². The molecule has 154 valence electrons. The van der Waals surface area contributed by atoms with Gasteiger partial charge in [-0.1, -0.05) is 133 Å². The standard InChI is InChI=1S/C29H26ClP/c30-31-22-21-28(24-13-5-1-6-14-24,25-15-7-2-8-16-25)29(23-31,26-17-9-3-10-18-26)27-19-11-4-12-20-27/h1-20H,21-23H2. The van der Waals surface area contributed by atoms with E-state index in [4.69, 9.17) is 11.2 Å². The van der Waals surface area contributed by atoms with E-state index in [2.05, 4.69) is 121 Å². The lowest BCUT2D eigenvalue weighted by molar-refractivity contribution is 0.316. The summed E-state index contributed by atoms with van der Waals surface area (Å²) in [6.07, 6.45) is 3.05. The van der Waals surface area contributed by atoms with E-state index in [0.29, 0.717) is 0 Å². The van der Waals surface area contributed by atoms with Crippen molar-refractivity contribution >= 4 is 18.5 Å². The first kappa shape index (κ1) is 20.5. The number of rotatable bonds is 4. The van der Waals surface area contributed by atoms with Crippen LogP contribution in [0.5, 0.6) is 0 Å². The average molecular weight is 441 g/mol. The van der Waals surface area contributed by atoms with Crippen molar-refractivity contribution in [1.82, 2.24) is 0 Å². The van der Waals surface area contributed by atoms with E-state index in [1.807, 2.05) is 0 Å². The molecule has 0 aromatic heterocycles. The van der Waals surface area contributed by atoms with Crippen molar-refractivity contribution in [3.63, 3.8) is 0 Å². The lowest BCUT2D eigenvalue weighted by Crippen LogP contribution is -2.55. The molecule has 0 nitrogen and oxygen atoms in total. The van der Waals surface area contributed by atoms with Crippen molar-refractivity contribution in [3.8, 4) is 0 Å². The van der Waals surface area contributed by atoms with Gasteiger partial charge in [-0.05, 0) is 48.3 Å². The van der Waals surface area contributed by atoms with Gasteiger partial charge in [-0.2, -0.15) is 0 Å². The van der Waals surface area contributed by atoms with Crippen LogP contribution in [0.25, 0.3) is 0 Å². The minimum absolute atomic E-state index is 0.202.